The minimum Gasteiger partial charge on any atom is -0.389 e. The van der Waals surface area contributed by atoms with Crippen LogP contribution in [-0.4, -0.2) is 22.8 Å². The number of hydrogen-bond acceptors (Lipinski definition) is 3. The van der Waals surface area contributed by atoms with Crippen molar-refractivity contribution in [2.75, 3.05) is 0 Å². The third kappa shape index (κ3) is 2.90. The Morgan fingerprint density at radius 2 is 1.83 bits per heavy atom. The van der Waals surface area contributed by atoms with Crippen molar-refractivity contribution < 1.29 is 9.84 Å². The Morgan fingerprint density at radius 1 is 1.17 bits per heavy atom. The zero-order valence-corrected chi connectivity index (χ0v) is 12.1. The van der Waals surface area contributed by atoms with Crippen LogP contribution in [0.1, 0.15) is 27.2 Å². The quantitative estimate of drug-likeness (QED) is 0.907. The second kappa shape index (κ2) is 6.09. The van der Waals surface area contributed by atoms with Gasteiger partial charge in [0.1, 0.15) is 5.44 Å². The lowest BCUT2D eigenvalue weighted by Gasteiger charge is -2.42. The van der Waals surface area contributed by atoms with Crippen LogP contribution in [0.4, 0.5) is 0 Å². The Balaban J connectivity index is 2.08. The van der Waals surface area contributed by atoms with E-state index in [1.165, 1.54) is 0 Å². The average molecular weight is 266 g/mol. The summed E-state index contributed by atoms with van der Waals surface area (Å²) in [5.74, 6) is 0.697. The van der Waals surface area contributed by atoms with Crippen molar-refractivity contribution in [2.24, 2.45) is 11.8 Å². The maximum atomic E-state index is 10.3. The number of thioether (sulfide) groups is 1. The highest BCUT2D eigenvalue weighted by atomic mass is 32.2. The second-order valence-corrected chi connectivity index (χ2v) is 6.26. The highest BCUT2D eigenvalue weighted by Gasteiger charge is 2.40. The molecule has 2 unspecified atom stereocenters. The molecule has 100 valence electrons. The maximum Gasteiger partial charge on any atom is 0.134 e. The molecule has 1 aromatic rings. The van der Waals surface area contributed by atoms with E-state index >= 15 is 0 Å². The Kier molecular flexibility index (Phi) is 4.71. The number of aliphatic hydroxyl groups is 1. The molecule has 0 aliphatic carbocycles. The molecular formula is C15H22O2S. The number of ether oxygens (including phenoxy) is 1. The number of benzene rings is 1. The standard InChI is InChI=1S/C15H22O2S/c1-4-13-10(2)11(3)14(16)15(17-13)18-12-8-6-5-7-9-12/h5-11,13-16H,4H2,1-3H3/t10-,11-,13?,14?,15+/m0/s1. The Labute approximate surface area is 114 Å². The van der Waals surface area contributed by atoms with E-state index in [-0.39, 0.29) is 17.5 Å². The molecule has 2 rings (SSSR count). The van der Waals surface area contributed by atoms with Gasteiger partial charge in [-0.15, -0.1) is 0 Å². The summed E-state index contributed by atoms with van der Waals surface area (Å²) in [4.78, 5) is 1.15. The summed E-state index contributed by atoms with van der Waals surface area (Å²) in [7, 11) is 0. The van der Waals surface area contributed by atoms with Crippen molar-refractivity contribution in [1.82, 2.24) is 0 Å². The highest BCUT2D eigenvalue weighted by Crippen LogP contribution is 2.38. The minimum absolute atomic E-state index is 0.149. The SMILES string of the molecule is CCC1O[C@H](Sc2ccccc2)C(O)[C@@H](C)[C@@H]1C. The first-order valence-electron chi connectivity index (χ1n) is 6.68. The van der Waals surface area contributed by atoms with Gasteiger partial charge in [0, 0.05) is 4.90 Å². The van der Waals surface area contributed by atoms with Crippen LogP contribution in [0.25, 0.3) is 0 Å². The van der Waals surface area contributed by atoms with Gasteiger partial charge in [-0.25, -0.2) is 0 Å². The zero-order chi connectivity index (χ0) is 13.1. The summed E-state index contributed by atoms with van der Waals surface area (Å²) in [5, 5.41) is 10.3. The van der Waals surface area contributed by atoms with E-state index in [0.29, 0.717) is 5.92 Å². The molecule has 0 spiro atoms. The largest absolute Gasteiger partial charge is 0.389 e. The molecule has 18 heavy (non-hydrogen) atoms. The third-order valence-electron chi connectivity index (χ3n) is 3.94. The van der Waals surface area contributed by atoms with Gasteiger partial charge in [-0.05, 0) is 30.4 Å². The van der Waals surface area contributed by atoms with Crippen LogP contribution >= 0.6 is 11.8 Å². The molecule has 0 amide bonds. The van der Waals surface area contributed by atoms with E-state index in [9.17, 15) is 5.11 Å². The van der Waals surface area contributed by atoms with E-state index in [2.05, 4.69) is 32.9 Å². The van der Waals surface area contributed by atoms with Crippen LogP contribution in [0.3, 0.4) is 0 Å². The van der Waals surface area contributed by atoms with Crippen molar-refractivity contribution >= 4 is 11.8 Å². The molecule has 0 radical (unpaired) electrons. The second-order valence-electron chi connectivity index (χ2n) is 5.09. The van der Waals surface area contributed by atoms with Crippen LogP contribution in [-0.2, 0) is 4.74 Å². The fourth-order valence-electron chi connectivity index (χ4n) is 2.47. The third-order valence-corrected chi connectivity index (χ3v) is 5.11. The molecule has 1 fully saturated rings. The molecule has 0 aromatic heterocycles. The maximum absolute atomic E-state index is 10.3. The van der Waals surface area contributed by atoms with Crippen LogP contribution in [0.5, 0.6) is 0 Å². The van der Waals surface area contributed by atoms with Gasteiger partial charge in [0.15, 0.2) is 0 Å². The average Bonchev–Trinajstić information content (AvgIpc) is 2.40. The van der Waals surface area contributed by atoms with Crippen molar-refractivity contribution in [1.29, 1.82) is 0 Å². The van der Waals surface area contributed by atoms with Crippen LogP contribution in [0.15, 0.2) is 35.2 Å². The van der Waals surface area contributed by atoms with Gasteiger partial charge < -0.3 is 9.84 Å². The molecule has 2 nitrogen and oxygen atoms in total. The lowest BCUT2D eigenvalue weighted by molar-refractivity contribution is -0.133. The number of rotatable bonds is 3. The van der Waals surface area contributed by atoms with E-state index < -0.39 is 6.10 Å². The first-order chi connectivity index (χ1) is 8.63. The first kappa shape index (κ1) is 13.9. The lowest BCUT2D eigenvalue weighted by Crippen LogP contribution is -2.47. The normalized spacial score (nSPS) is 36.6. The molecule has 1 aliphatic heterocycles. The topological polar surface area (TPSA) is 29.5 Å². The molecule has 1 aromatic carbocycles. The molecule has 3 heteroatoms. The van der Waals surface area contributed by atoms with Gasteiger partial charge in [0.2, 0.25) is 0 Å². The van der Waals surface area contributed by atoms with Gasteiger partial charge in [-0.1, -0.05) is 50.7 Å². The van der Waals surface area contributed by atoms with Gasteiger partial charge in [0.05, 0.1) is 12.2 Å². The predicted octanol–water partition coefficient (Wildman–Crippen LogP) is 3.55. The monoisotopic (exact) mass is 266 g/mol. The Morgan fingerprint density at radius 3 is 2.44 bits per heavy atom. The summed E-state index contributed by atoms with van der Waals surface area (Å²) >= 11 is 1.63. The molecule has 0 bridgehead atoms. The van der Waals surface area contributed by atoms with Crippen molar-refractivity contribution in [3.05, 3.63) is 30.3 Å². The summed E-state index contributed by atoms with van der Waals surface area (Å²) < 4.78 is 6.05. The molecule has 5 atom stereocenters. The van der Waals surface area contributed by atoms with Gasteiger partial charge >= 0.3 is 0 Å². The molecule has 1 aliphatic rings. The minimum atomic E-state index is -0.395. The molecule has 1 N–H and O–H groups in total. The number of hydrogen-bond donors (Lipinski definition) is 1. The Bertz CT molecular complexity index is 366. The fourth-order valence-corrected chi connectivity index (χ4v) is 3.64. The van der Waals surface area contributed by atoms with Gasteiger partial charge in [-0.3, -0.25) is 0 Å². The molecule has 1 heterocycles. The van der Waals surface area contributed by atoms with E-state index in [1.807, 2.05) is 18.2 Å². The smallest absolute Gasteiger partial charge is 0.134 e. The van der Waals surface area contributed by atoms with Crippen molar-refractivity contribution in [3.8, 4) is 0 Å². The Hall–Kier alpha value is -0.510. The van der Waals surface area contributed by atoms with Gasteiger partial charge in [-0.2, -0.15) is 0 Å². The van der Waals surface area contributed by atoms with E-state index in [4.69, 9.17) is 4.74 Å². The van der Waals surface area contributed by atoms with Crippen LogP contribution in [0.2, 0.25) is 0 Å². The molecular weight excluding hydrogens is 244 g/mol. The summed E-state index contributed by atoms with van der Waals surface area (Å²) in [6.45, 7) is 6.44. The number of aliphatic hydroxyl groups excluding tert-OH is 1. The molecule has 1 saturated heterocycles. The van der Waals surface area contributed by atoms with Gasteiger partial charge in [0.25, 0.3) is 0 Å². The predicted molar refractivity (Wildman–Crippen MR) is 75.6 cm³/mol. The summed E-state index contributed by atoms with van der Waals surface area (Å²) in [5.41, 5.74) is -0.149. The zero-order valence-electron chi connectivity index (χ0n) is 11.2. The summed E-state index contributed by atoms with van der Waals surface area (Å²) in [6, 6.07) is 10.2. The van der Waals surface area contributed by atoms with Crippen molar-refractivity contribution in [2.45, 2.75) is 49.7 Å². The highest BCUT2D eigenvalue weighted by molar-refractivity contribution is 7.99. The fraction of sp³-hybridized carbons (Fsp3) is 0.600. The van der Waals surface area contributed by atoms with Crippen LogP contribution < -0.4 is 0 Å². The van der Waals surface area contributed by atoms with Crippen molar-refractivity contribution in [3.63, 3.8) is 0 Å². The van der Waals surface area contributed by atoms with Crippen LogP contribution in [0, 0.1) is 11.8 Å². The summed E-state index contributed by atoms with van der Waals surface area (Å²) in [6.07, 6.45) is 0.863. The molecule has 0 saturated carbocycles. The lowest BCUT2D eigenvalue weighted by atomic mass is 9.83. The first-order valence-corrected chi connectivity index (χ1v) is 7.56. The van der Waals surface area contributed by atoms with E-state index in [1.54, 1.807) is 11.8 Å². The van der Waals surface area contributed by atoms with E-state index in [0.717, 1.165) is 11.3 Å².